The number of nitrogens with one attached hydrogen (secondary N) is 8. The van der Waals surface area contributed by atoms with Crippen molar-refractivity contribution in [3.8, 4) is 0 Å². The van der Waals surface area contributed by atoms with Crippen LogP contribution in [0.25, 0.3) is 185 Å². The summed E-state index contributed by atoms with van der Waals surface area (Å²) in [6.45, 7) is 0. The molecule has 16 nitrogen and oxygen atoms in total. The third-order valence-electron chi connectivity index (χ3n) is 16.2. The average molecular weight is 1330 g/mol. The van der Waals surface area contributed by atoms with Gasteiger partial charge in [0.15, 0.2) is 0 Å². The Labute approximate surface area is 661 Å². The van der Waals surface area contributed by atoms with E-state index in [9.17, 15) is 0 Å². The molecule has 0 unspecified atom stereocenters. The number of aromatic amines is 8. The van der Waals surface area contributed by atoms with Gasteiger partial charge in [-0.2, -0.15) is 0 Å². The van der Waals surface area contributed by atoms with Gasteiger partial charge in [-0.05, 0) is 291 Å². The van der Waals surface area contributed by atoms with Crippen LogP contribution in [0.3, 0.4) is 0 Å². The maximum Gasteiger partial charge on any atom is 1.00 e. The van der Waals surface area contributed by atoms with Gasteiger partial charge in [0, 0.05) is 88.3 Å². The first-order valence-electron chi connectivity index (χ1n) is 31.4. The summed E-state index contributed by atoms with van der Waals surface area (Å²) in [5.74, 6) is 0. The van der Waals surface area contributed by atoms with Crippen LogP contribution in [0.15, 0.2) is 194 Å². The van der Waals surface area contributed by atoms with Crippen molar-refractivity contribution in [2.24, 2.45) is 0 Å². The van der Waals surface area contributed by atoms with Gasteiger partial charge in [0.2, 0.25) is 0 Å². The molecule has 0 saturated carbocycles. The molecule has 100 heavy (non-hydrogen) atoms. The molecule has 0 atom stereocenters. The van der Waals surface area contributed by atoms with E-state index in [0.29, 0.717) is 0 Å². The van der Waals surface area contributed by atoms with Gasteiger partial charge in [0.25, 0.3) is 0 Å². The van der Waals surface area contributed by atoms with E-state index >= 15 is 0 Å². The number of hydrogen-bond donors (Lipinski definition) is 8. The third kappa shape index (κ3) is 17.2. The van der Waals surface area contributed by atoms with E-state index in [-0.39, 0.29) is 118 Å². The quantitative estimate of drug-likeness (QED) is 0.0766. The molecule has 12 aromatic heterocycles. The van der Waals surface area contributed by atoms with E-state index in [1.54, 1.807) is 0 Å². The minimum absolute atomic E-state index is 0. The van der Waals surface area contributed by atoms with Crippen LogP contribution >= 0.6 is 0 Å². The van der Waals surface area contributed by atoms with Crippen LogP contribution < -0.4 is 118 Å². The number of fused-ring (bicyclic) bond motifs is 32. The summed E-state index contributed by atoms with van der Waals surface area (Å²) in [6, 6.07) is 65.6. The molecular weight excluding hydrogens is 1280 g/mol. The summed E-state index contributed by atoms with van der Waals surface area (Å²) < 4.78 is 0. The van der Waals surface area contributed by atoms with Crippen molar-refractivity contribution < 1.29 is 118 Å². The molecule has 8 aliphatic rings. The second-order valence-corrected chi connectivity index (χ2v) is 23.6. The first kappa shape index (κ1) is 68.9. The minimum Gasteiger partial charge on any atom is -0.355 e. The molecule has 32 bridgehead atoms. The Bertz CT molecular complexity index is 5050. The van der Waals surface area contributed by atoms with Gasteiger partial charge in [-0.1, -0.05) is 0 Å². The molecule has 0 fully saturated rings. The molecule has 0 aliphatic carbocycles. The maximum absolute atomic E-state index is 4.62. The smallest absolute Gasteiger partial charge is 0.355 e. The van der Waals surface area contributed by atoms with Crippen LogP contribution in [-0.2, 0) is 0 Å². The molecule has 0 spiro atoms. The molecule has 0 amide bonds. The number of H-pyrrole nitrogens is 8. The molecule has 12 aromatic rings. The standard InChI is InChI=1S/4C20H14N4.4Na/c4*1-2-14-10-16-5-6-18(23-16)12-20-8-7-19(24-20)11-17-4-3-15(22-17)9-13(1)21-14;;;;/h4*1-12,21-22H;;;;/q;;;;4*+1. The molecule has 456 valence electrons. The van der Waals surface area contributed by atoms with Crippen LogP contribution in [0.5, 0.6) is 0 Å². The molecule has 20 heterocycles. The van der Waals surface area contributed by atoms with Crippen molar-refractivity contribution in [2.45, 2.75) is 0 Å². The van der Waals surface area contributed by atoms with Crippen LogP contribution in [-0.4, -0.2) is 79.7 Å². The summed E-state index contributed by atoms with van der Waals surface area (Å²) in [5, 5.41) is 0. The predicted molar refractivity (Wildman–Crippen MR) is 395 cm³/mol. The normalized spacial score (nSPS) is 12.2. The van der Waals surface area contributed by atoms with E-state index < -0.39 is 0 Å². The zero-order valence-corrected chi connectivity index (χ0v) is 63.3. The van der Waals surface area contributed by atoms with Crippen LogP contribution in [0, 0.1) is 0 Å². The molecule has 8 N–H and O–H groups in total. The predicted octanol–water partition coefficient (Wildman–Crippen LogP) is 6.64. The van der Waals surface area contributed by atoms with Crippen LogP contribution in [0.4, 0.5) is 0 Å². The summed E-state index contributed by atoms with van der Waals surface area (Å²) in [6.07, 6.45) is 32.2. The fourth-order valence-electron chi connectivity index (χ4n) is 11.8. The fraction of sp³-hybridized carbons (Fsp3) is 0. The Morgan fingerprint density at radius 1 is 0.120 bits per heavy atom. The first-order chi connectivity index (χ1) is 47.2. The Hall–Kier alpha value is -9.60. The van der Waals surface area contributed by atoms with Gasteiger partial charge in [-0.25, -0.2) is 39.9 Å². The average Bonchev–Trinajstić information content (AvgIpc) is 1.71. The van der Waals surface area contributed by atoms with Crippen LogP contribution in [0.2, 0.25) is 0 Å². The van der Waals surface area contributed by atoms with E-state index in [4.69, 9.17) is 0 Å². The zero-order chi connectivity index (χ0) is 63.7. The number of aromatic nitrogens is 16. The fourth-order valence-corrected chi connectivity index (χ4v) is 11.8. The molecule has 20 heteroatoms. The monoisotopic (exact) mass is 1330 g/mol. The molecule has 20 rings (SSSR count). The van der Waals surface area contributed by atoms with Gasteiger partial charge in [-0.3, -0.25) is 0 Å². The number of hydrogen-bond acceptors (Lipinski definition) is 8. The molecular formula is C80H56N16Na4+4. The Kier molecular flexibility index (Phi) is 21.3. The molecule has 8 aliphatic heterocycles. The van der Waals surface area contributed by atoms with E-state index in [1.165, 1.54) is 0 Å². The Morgan fingerprint density at radius 2 is 0.210 bits per heavy atom. The van der Waals surface area contributed by atoms with Gasteiger partial charge < -0.3 is 39.9 Å². The van der Waals surface area contributed by atoms with Gasteiger partial charge in [0.1, 0.15) is 0 Å². The largest absolute Gasteiger partial charge is 1.00 e. The van der Waals surface area contributed by atoms with Crippen molar-refractivity contribution in [3.05, 3.63) is 285 Å². The van der Waals surface area contributed by atoms with Gasteiger partial charge in [0.05, 0.1) is 91.1 Å². The van der Waals surface area contributed by atoms with E-state index in [0.717, 1.165) is 179 Å². The Morgan fingerprint density at radius 3 is 0.320 bits per heavy atom. The first-order valence-corrected chi connectivity index (χ1v) is 31.4. The van der Waals surface area contributed by atoms with Crippen molar-refractivity contribution in [1.82, 2.24) is 79.7 Å². The third-order valence-corrected chi connectivity index (χ3v) is 16.2. The van der Waals surface area contributed by atoms with Crippen molar-refractivity contribution in [2.75, 3.05) is 0 Å². The van der Waals surface area contributed by atoms with Crippen molar-refractivity contribution in [3.63, 3.8) is 0 Å². The minimum atomic E-state index is 0. The van der Waals surface area contributed by atoms with Gasteiger partial charge in [-0.15, -0.1) is 0 Å². The maximum atomic E-state index is 4.62. The van der Waals surface area contributed by atoms with Crippen molar-refractivity contribution in [1.29, 1.82) is 0 Å². The van der Waals surface area contributed by atoms with Crippen LogP contribution in [0.1, 0.15) is 91.1 Å². The summed E-state index contributed by atoms with van der Waals surface area (Å²) in [4.78, 5) is 64.1. The van der Waals surface area contributed by atoms with E-state index in [2.05, 4.69) is 201 Å². The second kappa shape index (κ2) is 30.9. The second-order valence-electron chi connectivity index (χ2n) is 23.6. The van der Waals surface area contributed by atoms with Crippen molar-refractivity contribution >= 4 is 185 Å². The SMILES string of the molecule is C1=Cc2cc3ccc(cc4ccc(cc5nc(cc1n2)C=C5)[nH]4)[nH]3.C1=Cc2cc3ccc(cc4ccc(cc5nc(cc1n2)C=C5)[nH]4)[nH]3.C1=Cc2cc3ccc(cc4ccc(cc5nc(cc1n2)C=C5)[nH]4)[nH]3.C1=Cc2cc3ccc(cc4ccc(cc5nc(cc1n2)C=C5)[nH]4)[nH]3.[Na+].[Na+].[Na+].[Na+]. The van der Waals surface area contributed by atoms with E-state index in [1.807, 2.05) is 170 Å². The Balaban J connectivity index is 0.000000118. The topological polar surface area (TPSA) is 229 Å². The van der Waals surface area contributed by atoms with Gasteiger partial charge >= 0.3 is 118 Å². The number of nitrogens with zero attached hydrogens (tertiary/aromatic N) is 8. The summed E-state index contributed by atoms with van der Waals surface area (Å²) >= 11 is 0. The molecule has 0 radical (unpaired) electrons. The molecule has 0 aromatic carbocycles. The number of rotatable bonds is 0. The molecule has 0 saturated heterocycles. The zero-order valence-electron chi connectivity index (χ0n) is 55.3. The summed E-state index contributed by atoms with van der Waals surface area (Å²) in [5.41, 5.74) is 31.4. The summed E-state index contributed by atoms with van der Waals surface area (Å²) in [7, 11) is 0.